The maximum Gasteiger partial charge on any atom is 0.00111 e. The molecule has 0 unspecified atom stereocenters. The molecular weight excluding hydrogens is 214 g/mol. The van der Waals surface area contributed by atoms with Gasteiger partial charge in [-0.25, -0.2) is 0 Å². The highest BCUT2D eigenvalue weighted by atomic mass is 32.1. The van der Waals surface area contributed by atoms with Crippen molar-refractivity contribution in [1.29, 1.82) is 0 Å². The van der Waals surface area contributed by atoms with Crippen molar-refractivity contribution in [3.63, 3.8) is 0 Å². The lowest BCUT2D eigenvalue weighted by atomic mass is 9.65. The average molecular weight is 237 g/mol. The zero-order chi connectivity index (χ0) is 11.4. The fourth-order valence-corrected chi connectivity index (χ4v) is 3.21. The van der Waals surface area contributed by atoms with Crippen molar-refractivity contribution in [3.8, 4) is 0 Å². The second kappa shape index (κ2) is 5.33. The van der Waals surface area contributed by atoms with Crippen LogP contribution in [0.15, 0.2) is 16.8 Å². The van der Waals surface area contributed by atoms with Crippen LogP contribution in [0.2, 0.25) is 0 Å². The van der Waals surface area contributed by atoms with Gasteiger partial charge in [0.1, 0.15) is 0 Å². The first kappa shape index (κ1) is 12.1. The fourth-order valence-electron chi connectivity index (χ4n) is 2.55. The zero-order valence-electron chi connectivity index (χ0n) is 10.5. The lowest BCUT2D eigenvalue weighted by Crippen LogP contribution is -2.42. The Labute approximate surface area is 103 Å². The van der Waals surface area contributed by atoms with Crippen LogP contribution >= 0.6 is 11.3 Å². The van der Waals surface area contributed by atoms with Crippen LogP contribution in [0.3, 0.4) is 0 Å². The molecule has 2 heteroatoms. The van der Waals surface area contributed by atoms with E-state index in [1.807, 2.05) is 11.3 Å². The third-order valence-electron chi connectivity index (χ3n) is 3.63. The van der Waals surface area contributed by atoms with Crippen molar-refractivity contribution in [3.05, 3.63) is 22.4 Å². The molecule has 0 spiro atoms. The maximum absolute atomic E-state index is 3.64. The molecule has 0 amide bonds. The van der Waals surface area contributed by atoms with E-state index < -0.39 is 0 Å². The molecule has 1 fully saturated rings. The van der Waals surface area contributed by atoms with Gasteiger partial charge >= 0.3 is 0 Å². The predicted molar refractivity (Wildman–Crippen MR) is 72.0 cm³/mol. The number of hydrogen-bond acceptors (Lipinski definition) is 2. The van der Waals surface area contributed by atoms with E-state index in [-0.39, 0.29) is 0 Å². The summed E-state index contributed by atoms with van der Waals surface area (Å²) in [4.78, 5) is 0. The van der Waals surface area contributed by atoms with Crippen LogP contribution in [0.4, 0.5) is 0 Å². The molecule has 0 saturated heterocycles. The van der Waals surface area contributed by atoms with E-state index in [0.717, 1.165) is 12.5 Å². The Morgan fingerprint density at radius 3 is 2.75 bits per heavy atom. The van der Waals surface area contributed by atoms with E-state index in [1.165, 1.54) is 37.8 Å². The Kier molecular flexibility index (Phi) is 4.04. The number of thiophene rings is 1. The first-order valence-electron chi connectivity index (χ1n) is 6.42. The molecule has 1 heterocycles. The summed E-state index contributed by atoms with van der Waals surface area (Å²) in [5.41, 5.74) is 2.12. The van der Waals surface area contributed by atoms with Crippen LogP contribution in [-0.2, 0) is 6.42 Å². The van der Waals surface area contributed by atoms with Gasteiger partial charge in [0.15, 0.2) is 0 Å². The van der Waals surface area contributed by atoms with E-state index in [9.17, 15) is 0 Å². The van der Waals surface area contributed by atoms with Gasteiger partial charge in [0.2, 0.25) is 0 Å². The van der Waals surface area contributed by atoms with Crippen LogP contribution in [0.5, 0.6) is 0 Å². The van der Waals surface area contributed by atoms with Gasteiger partial charge in [-0.15, -0.1) is 0 Å². The molecule has 1 aliphatic carbocycles. The molecule has 0 bridgehead atoms. The minimum atomic E-state index is 0.579. The lowest BCUT2D eigenvalue weighted by molar-refractivity contribution is 0.129. The largest absolute Gasteiger partial charge is 0.316 e. The minimum absolute atomic E-state index is 0.579. The summed E-state index contributed by atoms with van der Waals surface area (Å²) in [5.74, 6) is 0.762. The van der Waals surface area contributed by atoms with Gasteiger partial charge in [-0.2, -0.15) is 11.3 Å². The Hall–Kier alpha value is -0.340. The van der Waals surface area contributed by atoms with Crippen LogP contribution < -0.4 is 5.32 Å². The molecule has 1 aromatic rings. The Morgan fingerprint density at radius 2 is 2.25 bits per heavy atom. The van der Waals surface area contributed by atoms with E-state index >= 15 is 0 Å². The second-order valence-corrected chi connectivity index (χ2v) is 6.47. The summed E-state index contributed by atoms with van der Waals surface area (Å²) in [6.45, 7) is 6.92. The van der Waals surface area contributed by atoms with Gasteiger partial charge < -0.3 is 5.32 Å². The molecule has 1 aliphatic rings. The molecule has 0 atom stereocenters. The van der Waals surface area contributed by atoms with Crippen LogP contribution in [0.25, 0.3) is 0 Å². The molecule has 90 valence electrons. The zero-order valence-corrected chi connectivity index (χ0v) is 11.3. The molecule has 2 rings (SSSR count). The molecule has 1 nitrogen and oxygen atoms in total. The van der Waals surface area contributed by atoms with Crippen molar-refractivity contribution in [2.75, 3.05) is 13.1 Å². The number of hydrogen-bond donors (Lipinski definition) is 1. The summed E-state index contributed by atoms with van der Waals surface area (Å²) in [7, 11) is 0. The van der Waals surface area contributed by atoms with Crippen molar-refractivity contribution < 1.29 is 0 Å². The summed E-state index contributed by atoms with van der Waals surface area (Å²) >= 11 is 1.82. The molecule has 16 heavy (non-hydrogen) atoms. The molecular formula is C14H23NS. The van der Waals surface area contributed by atoms with E-state index in [0.29, 0.717) is 5.41 Å². The predicted octanol–water partition coefficient (Wildman–Crippen LogP) is 3.71. The van der Waals surface area contributed by atoms with Crippen LogP contribution in [-0.4, -0.2) is 13.1 Å². The molecule has 0 aliphatic heterocycles. The molecule has 1 saturated carbocycles. The first-order chi connectivity index (χ1) is 7.70. The summed E-state index contributed by atoms with van der Waals surface area (Å²) < 4.78 is 0. The average Bonchev–Trinajstić information content (AvgIpc) is 2.65. The lowest BCUT2D eigenvalue weighted by Gasteiger charge is -2.42. The van der Waals surface area contributed by atoms with Gasteiger partial charge in [-0.05, 0) is 59.5 Å². The van der Waals surface area contributed by atoms with Gasteiger partial charge in [0, 0.05) is 6.54 Å². The quantitative estimate of drug-likeness (QED) is 0.795. The van der Waals surface area contributed by atoms with Gasteiger partial charge in [-0.3, -0.25) is 0 Å². The van der Waals surface area contributed by atoms with E-state index in [2.05, 4.69) is 36.0 Å². The molecule has 1 aromatic heterocycles. The van der Waals surface area contributed by atoms with Gasteiger partial charge in [-0.1, -0.05) is 20.3 Å². The first-order valence-corrected chi connectivity index (χ1v) is 7.36. The SMILES string of the molecule is CC(C)CNCC1(Cc2ccsc2)CCC1. The number of nitrogens with one attached hydrogen (secondary N) is 1. The summed E-state index contributed by atoms with van der Waals surface area (Å²) in [6, 6.07) is 2.28. The monoisotopic (exact) mass is 237 g/mol. The van der Waals surface area contributed by atoms with Crippen molar-refractivity contribution in [2.45, 2.75) is 39.5 Å². The highest BCUT2D eigenvalue weighted by Gasteiger charge is 2.36. The Balaban J connectivity index is 1.82. The van der Waals surface area contributed by atoms with Crippen molar-refractivity contribution >= 4 is 11.3 Å². The third-order valence-corrected chi connectivity index (χ3v) is 4.36. The topological polar surface area (TPSA) is 12.0 Å². The van der Waals surface area contributed by atoms with E-state index in [4.69, 9.17) is 0 Å². The molecule has 0 aromatic carbocycles. The highest BCUT2D eigenvalue weighted by molar-refractivity contribution is 7.07. The van der Waals surface area contributed by atoms with Gasteiger partial charge in [0.05, 0.1) is 0 Å². The second-order valence-electron chi connectivity index (χ2n) is 5.69. The summed E-state index contributed by atoms with van der Waals surface area (Å²) in [5, 5.41) is 8.15. The Morgan fingerprint density at radius 1 is 1.44 bits per heavy atom. The highest BCUT2D eigenvalue weighted by Crippen LogP contribution is 2.43. The standard InChI is InChI=1S/C14H23NS/c1-12(2)9-15-11-14(5-3-6-14)8-13-4-7-16-10-13/h4,7,10,12,15H,3,5-6,8-9,11H2,1-2H3. The normalized spacial score (nSPS) is 18.7. The molecule has 0 radical (unpaired) electrons. The number of rotatable bonds is 6. The molecule has 1 N–H and O–H groups in total. The van der Waals surface area contributed by atoms with Crippen molar-refractivity contribution in [2.24, 2.45) is 11.3 Å². The van der Waals surface area contributed by atoms with Crippen molar-refractivity contribution in [1.82, 2.24) is 5.32 Å². The van der Waals surface area contributed by atoms with Crippen LogP contribution in [0, 0.1) is 11.3 Å². The third kappa shape index (κ3) is 3.08. The maximum atomic E-state index is 3.64. The Bertz CT molecular complexity index is 299. The van der Waals surface area contributed by atoms with Crippen LogP contribution in [0.1, 0.15) is 38.7 Å². The van der Waals surface area contributed by atoms with Gasteiger partial charge in [0.25, 0.3) is 0 Å². The summed E-state index contributed by atoms with van der Waals surface area (Å²) in [6.07, 6.45) is 5.52. The smallest absolute Gasteiger partial charge is 0.00111 e. The fraction of sp³-hybridized carbons (Fsp3) is 0.714. The minimum Gasteiger partial charge on any atom is -0.316 e. The van der Waals surface area contributed by atoms with E-state index in [1.54, 1.807) is 0 Å².